The lowest BCUT2D eigenvalue weighted by molar-refractivity contribution is -0.140. The summed E-state index contributed by atoms with van der Waals surface area (Å²) < 4.78 is 10.8. The summed E-state index contributed by atoms with van der Waals surface area (Å²) in [4.78, 5) is 38.0. The standard InChI is InChI=1S/C24H18N2O5/c1-4-11-30-24(29)17-8-6-7-16(12-17)21-10-9-18(31-21)13-19-15(3)20(14-25)23(28)26(5-2)22(19)27/h1,6-10,12-13H,5,11H2,2-3H3/b19-13-. The second-order valence-electron chi connectivity index (χ2n) is 6.59. The molecule has 31 heavy (non-hydrogen) atoms. The molecule has 2 amide bonds. The predicted molar refractivity (Wildman–Crippen MR) is 112 cm³/mol. The van der Waals surface area contributed by atoms with Crippen molar-refractivity contribution in [2.45, 2.75) is 13.8 Å². The van der Waals surface area contributed by atoms with Gasteiger partial charge in [0.2, 0.25) is 0 Å². The summed E-state index contributed by atoms with van der Waals surface area (Å²) in [6.45, 7) is 3.25. The van der Waals surface area contributed by atoms with E-state index in [9.17, 15) is 19.6 Å². The molecule has 0 saturated carbocycles. The maximum absolute atomic E-state index is 12.7. The minimum absolute atomic E-state index is 0.0716. The van der Waals surface area contributed by atoms with Crippen molar-refractivity contribution >= 4 is 23.9 Å². The molecule has 0 spiro atoms. The molecule has 0 unspecified atom stereocenters. The first kappa shape index (κ1) is 21.4. The van der Waals surface area contributed by atoms with E-state index < -0.39 is 17.8 Å². The Kier molecular flexibility index (Phi) is 6.18. The lowest BCUT2D eigenvalue weighted by Gasteiger charge is -2.25. The van der Waals surface area contributed by atoms with Gasteiger partial charge in [-0.25, -0.2) is 4.79 Å². The normalized spacial score (nSPS) is 15.1. The lowest BCUT2D eigenvalue weighted by atomic mass is 9.95. The van der Waals surface area contributed by atoms with Crippen LogP contribution in [0, 0.1) is 23.7 Å². The van der Waals surface area contributed by atoms with Crippen LogP contribution in [0.5, 0.6) is 0 Å². The van der Waals surface area contributed by atoms with Gasteiger partial charge in [-0.15, -0.1) is 6.42 Å². The number of nitriles is 1. The summed E-state index contributed by atoms with van der Waals surface area (Å²) in [6, 6.07) is 11.9. The number of nitrogens with zero attached hydrogens (tertiary/aromatic N) is 2. The average molecular weight is 414 g/mol. The predicted octanol–water partition coefficient (Wildman–Crippen LogP) is 3.35. The Labute approximate surface area is 179 Å². The van der Waals surface area contributed by atoms with Crippen LogP contribution in [-0.2, 0) is 14.3 Å². The van der Waals surface area contributed by atoms with E-state index in [2.05, 4.69) is 5.92 Å². The number of rotatable bonds is 5. The van der Waals surface area contributed by atoms with Crippen LogP contribution in [-0.4, -0.2) is 35.8 Å². The van der Waals surface area contributed by atoms with Gasteiger partial charge in [0.05, 0.1) is 5.56 Å². The molecule has 0 fully saturated rings. The van der Waals surface area contributed by atoms with Crippen molar-refractivity contribution in [2.75, 3.05) is 13.2 Å². The van der Waals surface area contributed by atoms with Crippen molar-refractivity contribution in [3.63, 3.8) is 0 Å². The van der Waals surface area contributed by atoms with Crippen LogP contribution in [0.2, 0.25) is 0 Å². The SMILES string of the molecule is C#CCOC(=O)c1cccc(-c2ccc(/C=C3\C(=O)N(CC)C(=O)C(C#N)=C3C)o2)c1. The molecule has 0 saturated heterocycles. The molecule has 7 heteroatoms. The number of esters is 1. The van der Waals surface area contributed by atoms with E-state index in [0.29, 0.717) is 28.2 Å². The van der Waals surface area contributed by atoms with Crippen LogP contribution in [0.4, 0.5) is 0 Å². The zero-order valence-corrected chi connectivity index (χ0v) is 17.0. The molecule has 0 N–H and O–H groups in total. The quantitative estimate of drug-likeness (QED) is 0.322. The number of carbonyl (C=O) groups is 3. The molecule has 1 aliphatic heterocycles. The zero-order chi connectivity index (χ0) is 22.5. The average Bonchev–Trinajstić information content (AvgIpc) is 3.24. The van der Waals surface area contributed by atoms with E-state index in [-0.39, 0.29) is 24.3 Å². The number of amides is 2. The van der Waals surface area contributed by atoms with E-state index in [1.165, 1.54) is 6.08 Å². The van der Waals surface area contributed by atoms with Crippen LogP contribution in [0.1, 0.15) is 30.0 Å². The van der Waals surface area contributed by atoms with Gasteiger partial charge >= 0.3 is 5.97 Å². The van der Waals surface area contributed by atoms with Gasteiger partial charge in [0.25, 0.3) is 11.8 Å². The van der Waals surface area contributed by atoms with Crippen LogP contribution >= 0.6 is 0 Å². The summed E-state index contributed by atoms with van der Waals surface area (Å²) in [5, 5.41) is 9.33. The smallest absolute Gasteiger partial charge is 0.339 e. The van der Waals surface area contributed by atoms with Gasteiger partial charge in [-0.2, -0.15) is 5.26 Å². The van der Waals surface area contributed by atoms with Crippen molar-refractivity contribution in [3.8, 4) is 29.7 Å². The fourth-order valence-electron chi connectivity index (χ4n) is 3.13. The van der Waals surface area contributed by atoms with Gasteiger partial charge in [0, 0.05) is 17.7 Å². The fourth-order valence-corrected chi connectivity index (χ4v) is 3.13. The molecule has 1 aromatic heterocycles. The van der Waals surface area contributed by atoms with Crippen molar-refractivity contribution in [1.82, 2.24) is 4.90 Å². The first-order valence-corrected chi connectivity index (χ1v) is 9.41. The minimum atomic E-state index is -0.599. The summed E-state index contributed by atoms with van der Waals surface area (Å²) >= 11 is 0. The third-order valence-corrected chi connectivity index (χ3v) is 4.72. The van der Waals surface area contributed by atoms with E-state index in [4.69, 9.17) is 15.6 Å². The molecule has 0 atom stereocenters. The van der Waals surface area contributed by atoms with Crippen molar-refractivity contribution in [2.24, 2.45) is 0 Å². The number of likely N-dealkylation sites (N-methyl/N-ethyl adjacent to an activating group) is 1. The molecule has 0 radical (unpaired) electrons. The largest absolute Gasteiger partial charge is 0.457 e. The Balaban J connectivity index is 1.95. The van der Waals surface area contributed by atoms with Gasteiger partial charge in [0.15, 0.2) is 6.61 Å². The number of terminal acetylenes is 1. The first-order chi connectivity index (χ1) is 14.9. The molecular weight excluding hydrogens is 396 g/mol. The Morgan fingerprint density at radius 1 is 1.26 bits per heavy atom. The van der Waals surface area contributed by atoms with Crippen molar-refractivity contribution < 1.29 is 23.5 Å². The molecule has 2 aromatic rings. The summed E-state index contributed by atoms with van der Waals surface area (Å²) in [5.41, 5.74) is 1.40. The molecule has 0 bridgehead atoms. The molecule has 154 valence electrons. The Morgan fingerprint density at radius 2 is 2.03 bits per heavy atom. The zero-order valence-electron chi connectivity index (χ0n) is 17.0. The molecular formula is C24H18N2O5. The third-order valence-electron chi connectivity index (χ3n) is 4.72. The number of hydrogen-bond acceptors (Lipinski definition) is 6. The lowest BCUT2D eigenvalue weighted by Crippen LogP contribution is -2.42. The first-order valence-electron chi connectivity index (χ1n) is 9.41. The second kappa shape index (κ2) is 8.98. The number of imide groups is 1. The van der Waals surface area contributed by atoms with E-state index in [1.54, 1.807) is 50.2 Å². The third kappa shape index (κ3) is 4.17. The Morgan fingerprint density at radius 3 is 2.71 bits per heavy atom. The van der Waals surface area contributed by atoms with Gasteiger partial charge < -0.3 is 9.15 Å². The topological polar surface area (TPSA) is 101 Å². The number of hydrogen-bond donors (Lipinski definition) is 0. The molecule has 3 rings (SSSR count). The van der Waals surface area contributed by atoms with Crippen LogP contribution in [0.3, 0.4) is 0 Å². The van der Waals surface area contributed by atoms with E-state index in [1.807, 2.05) is 6.07 Å². The molecule has 1 aromatic carbocycles. The number of ether oxygens (including phenoxy) is 1. The van der Waals surface area contributed by atoms with Crippen LogP contribution < -0.4 is 0 Å². The summed E-state index contributed by atoms with van der Waals surface area (Å²) in [5.74, 6) is 1.43. The molecule has 0 aliphatic carbocycles. The van der Waals surface area contributed by atoms with E-state index in [0.717, 1.165) is 4.90 Å². The minimum Gasteiger partial charge on any atom is -0.457 e. The number of benzene rings is 1. The second-order valence-corrected chi connectivity index (χ2v) is 6.59. The van der Waals surface area contributed by atoms with Gasteiger partial charge in [0.1, 0.15) is 23.2 Å². The molecule has 7 nitrogen and oxygen atoms in total. The monoisotopic (exact) mass is 414 g/mol. The highest BCUT2D eigenvalue weighted by atomic mass is 16.5. The highest BCUT2D eigenvalue weighted by molar-refractivity contribution is 6.19. The van der Waals surface area contributed by atoms with Gasteiger partial charge in [-0.1, -0.05) is 18.1 Å². The van der Waals surface area contributed by atoms with Crippen molar-refractivity contribution in [3.05, 3.63) is 64.4 Å². The number of furan rings is 1. The molecule has 1 aliphatic rings. The Bertz CT molecular complexity index is 1220. The van der Waals surface area contributed by atoms with Crippen LogP contribution in [0.15, 0.2) is 57.5 Å². The van der Waals surface area contributed by atoms with E-state index >= 15 is 0 Å². The van der Waals surface area contributed by atoms with Gasteiger partial charge in [-0.3, -0.25) is 14.5 Å². The Hall–Kier alpha value is -4.36. The summed E-state index contributed by atoms with van der Waals surface area (Å²) in [7, 11) is 0. The number of carbonyl (C=O) groups excluding carboxylic acids is 3. The summed E-state index contributed by atoms with van der Waals surface area (Å²) in [6.07, 6.45) is 6.60. The van der Waals surface area contributed by atoms with Gasteiger partial charge in [-0.05, 0) is 49.8 Å². The fraction of sp³-hybridized carbons (Fsp3) is 0.167. The van der Waals surface area contributed by atoms with Crippen molar-refractivity contribution in [1.29, 1.82) is 5.26 Å². The highest BCUT2D eigenvalue weighted by Crippen LogP contribution is 2.29. The maximum Gasteiger partial charge on any atom is 0.339 e. The van der Waals surface area contributed by atoms with Crippen LogP contribution in [0.25, 0.3) is 17.4 Å². The molecule has 2 heterocycles. The maximum atomic E-state index is 12.7. The highest BCUT2D eigenvalue weighted by Gasteiger charge is 2.34.